The molecule has 0 fully saturated rings. The van der Waals surface area contributed by atoms with Crippen molar-refractivity contribution in [1.29, 1.82) is 0 Å². The summed E-state index contributed by atoms with van der Waals surface area (Å²) in [7, 11) is 0. The van der Waals surface area contributed by atoms with Gasteiger partial charge in [-0.2, -0.15) is 4.98 Å². The van der Waals surface area contributed by atoms with Crippen LogP contribution in [0.15, 0.2) is 243 Å². The maximum absolute atomic E-state index is 5.81. The number of benzene rings is 10. The van der Waals surface area contributed by atoms with Crippen molar-refractivity contribution in [3.05, 3.63) is 243 Å². The number of hydrogen-bond acceptors (Lipinski definition) is 2. The van der Waals surface area contributed by atoms with E-state index >= 15 is 0 Å². The third kappa shape index (κ3) is 5.56. The third-order valence-corrected chi connectivity index (χ3v) is 14.4. The predicted octanol–water partition coefficient (Wildman–Crippen LogP) is 16.2. The predicted molar refractivity (Wildman–Crippen MR) is 290 cm³/mol. The molecule has 6 nitrogen and oxygen atoms in total. The van der Waals surface area contributed by atoms with Gasteiger partial charge in [0.15, 0.2) is 0 Å². The van der Waals surface area contributed by atoms with Crippen molar-refractivity contribution in [2.24, 2.45) is 0 Å². The summed E-state index contributed by atoms with van der Waals surface area (Å²) in [6, 6.07) is 87.4. The van der Waals surface area contributed by atoms with E-state index in [0.717, 1.165) is 83.4 Å². The van der Waals surface area contributed by atoms with Crippen molar-refractivity contribution >= 4 is 87.2 Å². The molecule has 0 bridgehead atoms. The standard InChI is InChI=1S/C64H40N6/c1-9-30-53-44(21-1)45-22-2-10-31-54(45)67(53)42-20-17-19-41(39-42)43-29-18-38-61(68-55-32-11-3-23-46(55)47-24-4-12-33-56(47)68)63(43)52-40-62(69-57-34-13-5-25-48(57)49-26-6-14-35-58(49)69)66-64(65-52)70-59-36-15-7-27-50(59)51-28-8-16-37-60(51)70/h1-40H. The van der Waals surface area contributed by atoms with E-state index < -0.39 is 0 Å². The summed E-state index contributed by atoms with van der Waals surface area (Å²) in [5.74, 6) is 1.37. The zero-order chi connectivity index (χ0) is 45.9. The van der Waals surface area contributed by atoms with Gasteiger partial charge in [-0.3, -0.25) is 9.13 Å². The lowest BCUT2D eigenvalue weighted by Crippen LogP contribution is -2.09. The third-order valence-electron chi connectivity index (χ3n) is 14.4. The van der Waals surface area contributed by atoms with E-state index in [1.54, 1.807) is 0 Å². The van der Waals surface area contributed by atoms with Crippen LogP contribution in [0.3, 0.4) is 0 Å². The molecule has 0 N–H and O–H groups in total. The average molecular weight is 893 g/mol. The van der Waals surface area contributed by atoms with Gasteiger partial charge in [0.2, 0.25) is 5.95 Å². The van der Waals surface area contributed by atoms with Crippen LogP contribution in [-0.4, -0.2) is 28.2 Å². The molecule has 0 amide bonds. The van der Waals surface area contributed by atoms with Gasteiger partial charge in [0, 0.05) is 60.4 Å². The molecule has 5 aromatic heterocycles. The fraction of sp³-hybridized carbons (Fsp3) is 0. The largest absolute Gasteiger partial charge is 0.309 e. The smallest absolute Gasteiger partial charge is 0.237 e. The van der Waals surface area contributed by atoms with Crippen LogP contribution in [0.1, 0.15) is 0 Å². The molecule has 15 rings (SSSR count). The van der Waals surface area contributed by atoms with Gasteiger partial charge in [-0.05, 0) is 77.9 Å². The second kappa shape index (κ2) is 15.0. The van der Waals surface area contributed by atoms with Gasteiger partial charge in [-0.15, -0.1) is 0 Å². The van der Waals surface area contributed by atoms with Crippen LogP contribution < -0.4 is 0 Å². The molecule has 0 aliphatic carbocycles. The molecular weight excluding hydrogens is 853 g/mol. The van der Waals surface area contributed by atoms with Gasteiger partial charge in [0.05, 0.1) is 55.5 Å². The Bertz CT molecular complexity index is 4270. The average Bonchev–Trinajstić information content (AvgIpc) is 4.16. The first-order valence-electron chi connectivity index (χ1n) is 23.8. The molecule has 0 saturated heterocycles. The highest BCUT2D eigenvalue weighted by atomic mass is 15.2. The van der Waals surface area contributed by atoms with Crippen molar-refractivity contribution in [2.45, 2.75) is 0 Å². The van der Waals surface area contributed by atoms with Gasteiger partial charge in [0.25, 0.3) is 0 Å². The van der Waals surface area contributed by atoms with Crippen LogP contribution in [-0.2, 0) is 0 Å². The molecule has 6 heteroatoms. The summed E-state index contributed by atoms with van der Waals surface area (Å²) in [6.45, 7) is 0. The molecule has 5 heterocycles. The minimum absolute atomic E-state index is 0.591. The molecule has 10 aromatic carbocycles. The normalized spacial score (nSPS) is 12.0. The molecule has 0 atom stereocenters. The summed E-state index contributed by atoms with van der Waals surface area (Å²) in [5.41, 5.74) is 14.9. The Labute approximate surface area is 401 Å². The molecule has 0 radical (unpaired) electrons. The fourth-order valence-electron chi connectivity index (χ4n) is 11.5. The number of nitrogens with zero attached hydrogens (tertiary/aromatic N) is 6. The summed E-state index contributed by atoms with van der Waals surface area (Å²) >= 11 is 0. The molecule has 0 unspecified atom stereocenters. The van der Waals surface area contributed by atoms with Crippen molar-refractivity contribution in [2.75, 3.05) is 0 Å². The van der Waals surface area contributed by atoms with Gasteiger partial charge in [0.1, 0.15) is 5.82 Å². The quantitative estimate of drug-likeness (QED) is 0.167. The number of hydrogen-bond donors (Lipinski definition) is 0. The lowest BCUT2D eigenvalue weighted by Gasteiger charge is -2.20. The van der Waals surface area contributed by atoms with E-state index in [4.69, 9.17) is 9.97 Å². The molecule has 0 aliphatic heterocycles. The summed E-state index contributed by atoms with van der Waals surface area (Å²) < 4.78 is 9.40. The monoisotopic (exact) mass is 892 g/mol. The van der Waals surface area contributed by atoms with E-state index in [1.165, 1.54) is 43.4 Å². The molecule has 70 heavy (non-hydrogen) atoms. The molecule has 0 spiro atoms. The van der Waals surface area contributed by atoms with Crippen molar-refractivity contribution in [3.8, 4) is 45.5 Å². The Morgan fingerprint density at radius 2 is 0.643 bits per heavy atom. The highest BCUT2D eigenvalue weighted by Gasteiger charge is 2.25. The highest BCUT2D eigenvalue weighted by molar-refractivity contribution is 6.13. The number of aromatic nitrogens is 6. The molecule has 15 aromatic rings. The summed E-state index contributed by atoms with van der Waals surface area (Å²) in [5, 5.41) is 9.50. The van der Waals surface area contributed by atoms with Gasteiger partial charge < -0.3 is 9.13 Å². The van der Waals surface area contributed by atoms with Crippen LogP contribution in [0.5, 0.6) is 0 Å². The van der Waals surface area contributed by atoms with Crippen LogP contribution in [0.2, 0.25) is 0 Å². The number of para-hydroxylation sites is 8. The number of rotatable bonds is 6. The topological polar surface area (TPSA) is 45.5 Å². The zero-order valence-corrected chi connectivity index (χ0v) is 37.8. The van der Waals surface area contributed by atoms with E-state index in [9.17, 15) is 0 Å². The summed E-state index contributed by atoms with van der Waals surface area (Å²) in [6.07, 6.45) is 0. The first-order valence-corrected chi connectivity index (χ1v) is 23.8. The minimum atomic E-state index is 0.591. The van der Waals surface area contributed by atoms with Crippen LogP contribution in [0.4, 0.5) is 0 Å². The first-order chi connectivity index (χ1) is 34.8. The summed E-state index contributed by atoms with van der Waals surface area (Å²) in [4.78, 5) is 11.5. The molecule has 0 saturated carbocycles. The highest BCUT2D eigenvalue weighted by Crippen LogP contribution is 2.44. The van der Waals surface area contributed by atoms with Crippen molar-refractivity contribution < 1.29 is 0 Å². The SMILES string of the molecule is c1cc(-c2cccc(-n3c4ccccc4c4ccccc43)c2-c2cc(-n3c4ccccc4c4ccccc43)nc(-n3c4ccccc4c4ccccc43)n2)cc(-n2c3ccccc3c3ccccc32)c1. The van der Waals surface area contributed by atoms with Gasteiger partial charge in [-0.1, -0.05) is 170 Å². The maximum Gasteiger partial charge on any atom is 0.237 e. The maximum atomic E-state index is 5.81. The van der Waals surface area contributed by atoms with Crippen LogP contribution in [0, 0.1) is 0 Å². The Morgan fingerprint density at radius 3 is 1.09 bits per heavy atom. The van der Waals surface area contributed by atoms with E-state index in [-0.39, 0.29) is 0 Å². The molecule has 326 valence electrons. The first kappa shape index (κ1) is 38.6. The second-order valence-electron chi connectivity index (χ2n) is 18.1. The zero-order valence-electron chi connectivity index (χ0n) is 37.8. The number of fused-ring (bicyclic) bond motifs is 12. The van der Waals surface area contributed by atoms with Crippen molar-refractivity contribution in [1.82, 2.24) is 28.2 Å². The van der Waals surface area contributed by atoms with Gasteiger partial charge >= 0.3 is 0 Å². The Hall–Kier alpha value is -9.52. The van der Waals surface area contributed by atoms with E-state index in [1.807, 2.05) is 0 Å². The van der Waals surface area contributed by atoms with E-state index in [2.05, 4.69) is 261 Å². The molecule has 0 aliphatic rings. The van der Waals surface area contributed by atoms with Crippen LogP contribution >= 0.6 is 0 Å². The fourth-order valence-corrected chi connectivity index (χ4v) is 11.5. The Morgan fingerprint density at radius 1 is 0.271 bits per heavy atom. The van der Waals surface area contributed by atoms with Crippen molar-refractivity contribution in [3.63, 3.8) is 0 Å². The Balaban J connectivity index is 1.09. The Kier molecular flexibility index (Phi) is 8.26. The lowest BCUT2D eigenvalue weighted by atomic mass is 9.95. The van der Waals surface area contributed by atoms with Crippen LogP contribution in [0.25, 0.3) is 133 Å². The van der Waals surface area contributed by atoms with Gasteiger partial charge in [-0.25, -0.2) is 4.98 Å². The van der Waals surface area contributed by atoms with E-state index in [0.29, 0.717) is 5.95 Å². The molecular formula is C64H40N6. The second-order valence-corrected chi connectivity index (χ2v) is 18.1. The minimum Gasteiger partial charge on any atom is -0.309 e. The lowest BCUT2D eigenvalue weighted by molar-refractivity contribution is 0.951.